The summed E-state index contributed by atoms with van der Waals surface area (Å²) in [6, 6.07) is 3.50. The molecule has 0 unspecified atom stereocenters. The first-order valence-electron chi connectivity index (χ1n) is 6.41. The molecule has 1 N–H and O–H groups in total. The van der Waals surface area contributed by atoms with Crippen LogP contribution in [-0.2, 0) is 17.8 Å². The molecule has 0 atom stereocenters. The van der Waals surface area contributed by atoms with Gasteiger partial charge in [0.25, 0.3) is 5.89 Å². The number of carboxylic acids is 1. The lowest BCUT2D eigenvalue weighted by Gasteiger charge is -2.07. The second kappa shape index (κ2) is 6.65. The van der Waals surface area contributed by atoms with Gasteiger partial charge in [-0.05, 0) is 25.1 Å². The normalized spacial score (nSPS) is 11.0. The maximum atomic E-state index is 10.6. The summed E-state index contributed by atoms with van der Waals surface area (Å²) in [5, 5.41) is 16.4. The van der Waals surface area contributed by atoms with Gasteiger partial charge in [0.2, 0.25) is 5.89 Å². The Balaban J connectivity index is 2.13. The van der Waals surface area contributed by atoms with Crippen molar-refractivity contribution in [2.24, 2.45) is 0 Å². The fourth-order valence-electron chi connectivity index (χ4n) is 1.58. The minimum Gasteiger partial charge on any atom is -0.482 e. The lowest BCUT2D eigenvalue weighted by atomic mass is 10.2. The van der Waals surface area contributed by atoms with E-state index in [2.05, 4.69) is 15.2 Å². The summed E-state index contributed by atoms with van der Waals surface area (Å²) in [7, 11) is 0. The van der Waals surface area contributed by atoms with Crippen LogP contribution in [0.25, 0.3) is 6.08 Å². The van der Waals surface area contributed by atoms with E-state index < -0.39 is 5.97 Å². The van der Waals surface area contributed by atoms with E-state index in [-0.39, 0.29) is 6.61 Å². The summed E-state index contributed by atoms with van der Waals surface area (Å²) in [6.07, 6.45) is 3.05. The average Bonchev–Trinajstić information content (AvgIpc) is 2.92. The quantitative estimate of drug-likeness (QED) is 0.812. The first-order chi connectivity index (χ1) is 10.1. The molecule has 7 nitrogen and oxygen atoms in total. The van der Waals surface area contributed by atoms with Gasteiger partial charge in [0.1, 0.15) is 11.4 Å². The molecule has 7 heteroatoms. The number of hydrogen-bond acceptors (Lipinski definition) is 6. The number of carboxylic acid groups (broad SMARTS) is 1. The van der Waals surface area contributed by atoms with Crippen LogP contribution in [0.2, 0.25) is 0 Å². The number of aliphatic carboxylic acids is 1. The van der Waals surface area contributed by atoms with Gasteiger partial charge >= 0.3 is 5.97 Å². The van der Waals surface area contributed by atoms with Crippen LogP contribution in [-0.4, -0.2) is 26.3 Å². The third-order valence-electron chi connectivity index (χ3n) is 2.57. The highest BCUT2D eigenvalue weighted by atomic mass is 16.5. The summed E-state index contributed by atoms with van der Waals surface area (Å²) >= 11 is 0. The van der Waals surface area contributed by atoms with Gasteiger partial charge in [-0.25, -0.2) is 9.78 Å². The van der Waals surface area contributed by atoms with E-state index in [1.165, 1.54) is 6.08 Å². The van der Waals surface area contributed by atoms with Gasteiger partial charge in [-0.15, -0.1) is 10.2 Å². The molecule has 2 aromatic rings. The predicted octanol–water partition coefficient (Wildman–Crippen LogP) is 2.01. The molecule has 0 aliphatic rings. The van der Waals surface area contributed by atoms with Crippen molar-refractivity contribution in [2.75, 3.05) is 0 Å². The van der Waals surface area contributed by atoms with Gasteiger partial charge in [0.05, 0.1) is 0 Å². The highest BCUT2D eigenvalue weighted by Crippen LogP contribution is 2.19. The summed E-state index contributed by atoms with van der Waals surface area (Å²) in [6.45, 7) is 3.83. The number of aryl methyl sites for hydroxylation is 2. The third kappa shape index (κ3) is 4.13. The largest absolute Gasteiger partial charge is 0.482 e. The zero-order chi connectivity index (χ0) is 15.2. The van der Waals surface area contributed by atoms with Crippen LogP contribution >= 0.6 is 0 Å². The minimum atomic E-state index is -1.05. The lowest BCUT2D eigenvalue weighted by molar-refractivity contribution is -0.131. The maximum absolute atomic E-state index is 10.6. The fraction of sp³-hybridized carbons (Fsp3) is 0.286. The number of aromatic nitrogens is 3. The number of ether oxygens (including phenoxy) is 1. The molecule has 110 valence electrons. The van der Waals surface area contributed by atoms with Crippen LogP contribution in [0.3, 0.4) is 0 Å². The van der Waals surface area contributed by atoms with Crippen LogP contribution < -0.4 is 4.74 Å². The van der Waals surface area contributed by atoms with Crippen LogP contribution in [0.5, 0.6) is 5.75 Å². The third-order valence-corrected chi connectivity index (χ3v) is 2.57. The van der Waals surface area contributed by atoms with Crippen molar-refractivity contribution in [2.45, 2.75) is 26.9 Å². The Hall–Kier alpha value is -2.70. The smallest absolute Gasteiger partial charge is 0.328 e. The molecule has 0 radical (unpaired) electrons. The first kappa shape index (κ1) is 14.7. The number of hydrogen-bond donors (Lipinski definition) is 1. The van der Waals surface area contributed by atoms with E-state index in [1.54, 1.807) is 12.1 Å². The Morgan fingerprint density at radius 2 is 2.14 bits per heavy atom. The van der Waals surface area contributed by atoms with Crippen molar-refractivity contribution in [3.8, 4) is 5.75 Å². The monoisotopic (exact) mass is 289 g/mol. The summed E-state index contributed by atoms with van der Waals surface area (Å²) < 4.78 is 10.9. The fourth-order valence-corrected chi connectivity index (χ4v) is 1.58. The highest BCUT2D eigenvalue weighted by Gasteiger charge is 2.08. The molecule has 0 spiro atoms. The Morgan fingerprint density at radius 1 is 1.38 bits per heavy atom. The van der Waals surface area contributed by atoms with Gasteiger partial charge < -0.3 is 14.3 Å². The average molecular weight is 289 g/mol. The van der Waals surface area contributed by atoms with E-state index in [0.717, 1.165) is 11.8 Å². The van der Waals surface area contributed by atoms with E-state index in [1.807, 2.05) is 13.8 Å². The van der Waals surface area contributed by atoms with Gasteiger partial charge in [-0.2, -0.15) is 0 Å². The first-order valence-corrected chi connectivity index (χ1v) is 6.41. The Bertz CT molecular complexity index is 664. The minimum absolute atomic E-state index is 0.103. The van der Waals surface area contributed by atoms with E-state index in [4.69, 9.17) is 14.3 Å². The molecule has 21 heavy (non-hydrogen) atoms. The standard InChI is InChI=1S/C14H15N3O4/c1-3-12-16-17-13(21-12)8-20-11-6-4-9(2)15-10(11)5-7-14(18)19/h4-7H,3,8H2,1-2H3,(H,18,19). The lowest BCUT2D eigenvalue weighted by Crippen LogP contribution is -2.00. The SMILES string of the molecule is CCc1nnc(COc2ccc(C)nc2C=CC(=O)O)o1. The second-order valence-corrected chi connectivity index (χ2v) is 4.24. The van der Waals surface area contributed by atoms with Gasteiger partial charge in [0.15, 0.2) is 6.61 Å². The second-order valence-electron chi connectivity index (χ2n) is 4.24. The Morgan fingerprint density at radius 3 is 2.81 bits per heavy atom. The molecule has 0 fully saturated rings. The van der Waals surface area contributed by atoms with Crippen molar-refractivity contribution < 1.29 is 19.1 Å². The van der Waals surface area contributed by atoms with Crippen LogP contribution in [0.15, 0.2) is 22.6 Å². The molecule has 0 aliphatic carbocycles. The van der Waals surface area contributed by atoms with Crippen molar-refractivity contribution in [3.63, 3.8) is 0 Å². The summed E-state index contributed by atoms with van der Waals surface area (Å²) in [4.78, 5) is 14.8. The summed E-state index contributed by atoms with van der Waals surface area (Å²) in [5.41, 5.74) is 1.20. The number of carbonyl (C=O) groups is 1. The molecule has 0 saturated heterocycles. The van der Waals surface area contributed by atoms with E-state index >= 15 is 0 Å². The number of pyridine rings is 1. The zero-order valence-corrected chi connectivity index (χ0v) is 11.7. The van der Waals surface area contributed by atoms with Crippen LogP contribution in [0, 0.1) is 6.92 Å². The number of nitrogens with zero attached hydrogens (tertiary/aromatic N) is 3. The van der Waals surface area contributed by atoms with Crippen molar-refractivity contribution in [1.82, 2.24) is 15.2 Å². The molecular weight excluding hydrogens is 274 g/mol. The predicted molar refractivity (Wildman–Crippen MR) is 73.7 cm³/mol. The van der Waals surface area contributed by atoms with E-state index in [0.29, 0.717) is 29.6 Å². The van der Waals surface area contributed by atoms with Crippen molar-refractivity contribution in [1.29, 1.82) is 0 Å². The molecule has 0 saturated carbocycles. The van der Waals surface area contributed by atoms with Gasteiger partial charge in [-0.3, -0.25) is 0 Å². The molecule has 0 aromatic carbocycles. The van der Waals surface area contributed by atoms with Crippen molar-refractivity contribution in [3.05, 3.63) is 41.4 Å². The van der Waals surface area contributed by atoms with Gasteiger partial charge in [0, 0.05) is 18.2 Å². The molecule has 0 amide bonds. The van der Waals surface area contributed by atoms with Gasteiger partial charge in [-0.1, -0.05) is 6.92 Å². The van der Waals surface area contributed by atoms with Crippen molar-refractivity contribution >= 4 is 12.0 Å². The molecule has 2 heterocycles. The topological polar surface area (TPSA) is 98.3 Å². The van der Waals surface area contributed by atoms with E-state index in [9.17, 15) is 4.79 Å². The Labute approximate surface area is 121 Å². The molecule has 0 aliphatic heterocycles. The number of rotatable bonds is 6. The maximum Gasteiger partial charge on any atom is 0.328 e. The van der Waals surface area contributed by atoms with Crippen LogP contribution in [0.4, 0.5) is 0 Å². The van der Waals surface area contributed by atoms with Crippen LogP contribution in [0.1, 0.15) is 30.1 Å². The Kier molecular flexibility index (Phi) is 4.65. The molecule has 2 rings (SSSR count). The molecule has 2 aromatic heterocycles. The molecular formula is C14H15N3O4. The zero-order valence-electron chi connectivity index (χ0n) is 11.7. The summed E-state index contributed by atoms with van der Waals surface area (Å²) in [5.74, 6) is 0.310. The highest BCUT2D eigenvalue weighted by molar-refractivity contribution is 5.85. The molecule has 0 bridgehead atoms.